The molecule has 0 radical (unpaired) electrons. The number of nitrogens with zero attached hydrogens (tertiary/aromatic N) is 1. The molecule has 5 N–H and O–H groups in total. The number of carbonyl (C=O) groups excluding carboxylic acids is 1. The van der Waals surface area contributed by atoms with Gasteiger partial charge in [-0.2, -0.15) is 0 Å². The van der Waals surface area contributed by atoms with Crippen LogP contribution < -0.4 is 10.6 Å². The molecule has 2 aromatic rings. The van der Waals surface area contributed by atoms with E-state index < -0.39 is 59.2 Å². The molecule has 0 spiro atoms. The first-order valence-corrected chi connectivity index (χ1v) is 12.8. The Morgan fingerprint density at radius 3 is 2.49 bits per heavy atom. The van der Waals surface area contributed by atoms with Crippen molar-refractivity contribution in [1.29, 1.82) is 0 Å². The first-order valence-electron chi connectivity index (χ1n) is 12.8. The number of nitrogens with one attached hydrogen (secondary N) is 2. The van der Waals surface area contributed by atoms with Crippen LogP contribution in [-0.2, 0) is 9.47 Å². The monoisotopic (exact) mass is 555 g/mol. The summed E-state index contributed by atoms with van der Waals surface area (Å²) in [6.45, 7) is 5.12. The van der Waals surface area contributed by atoms with Gasteiger partial charge in [0.2, 0.25) is 0 Å². The van der Waals surface area contributed by atoms with Crippen LogP contribution in [0, 0.1) is 24.4 Å². The average Bonchev–Trinajstić information content (AvgIpc) is 2.90. The highest BCUT2D eigenvalue weighted by molar-refractivity contribution is 6.01. The van der Waals surface area contributed by atoms with Gasteiger partial charge < -0.3 is 40.3 Å². The Bertz CT molecular complexity index is 1150. The molecule has 0 saturated carbocycles. The van der Waals surface area contributed by atoms with Gasteiger partial charge in [-0.1, -0.05) is 19.9 Å². The molecule has 2 aliphatic heterocycles. The molecule has 2 fully saturated rings. The second-order valence-electron chi connectivity index (χ2n) is 9.53. The van der Waals surface area contributed by atoms with Gasteiger partial charge in [-0.15, -0.1) is 0 Å². The Morgan fingerprint density at radius 1 is 1.18 bits per heavy atom. The van der Waals surface area contributed by atoms with Crippen LogP contribution in [0.3, 0.4) is 0 Å². The standard InChI is InChI=1S/C25H30F3N3O6.C2H6/c1-13-3-6-18(17(27)7-13)30-21-15(4-5-16(26)20(21)28)23(34)31-11-25(35,12-31)10-29-22-19(33)8-14(9-32)37-24(22)36-2;1-2/h3-7,14,19,22,24,29-30,32-33,35H,8-12H2,1-2H3;1-2H3. The van der Waals surface area contributed by atoms with E-state index in [9.17, 15) is 33.3 Å². The number of hydrogen-bond donors (Lipinski definition) is 5. The summed E-state index contributed by atoms with van der Waals surface area (Å²) in [6, 6.07) is 5.38. The van der Waals surface area contributed by atoms with E-state index in [0.29, 0.717) is 5.56 Å². The van der Waals surface area contributed by atoms with E-state index in [2.05, 4.69) is 10.6 Å². The third-order valence-electron chi connectivity index (χ3n) is 6.61. The van der Waals surface area contributed by atoms with E-state index in [1.165, 1.54) is 24.1 Å². The molecule has 4 unspecified atom stereocenters. The number of β-amino-alcohol motifs (C(OH)–C–C–N with tert-alkyl or cyclic N) is 1. The Hall–Kier alpha value is -2.74. The molecule has 1 amide bonds. The van der Waals surface area contributed by atoms with E-state index >= 15 is 0 Å². The second-order valence-corrected chi connectivity index (χ2v) is 9.53. The van der Waals surface area contributed by atoms with Crippen LogP contribution in [-0.4, -0.2) is 89.6 Å². The highest BCUT2D eigenvalue weighted by atomic mass is 19.2. The summed E-state index contributed by atoms with van der Waals surface area (Å²) in [5, 5.41) is 36.0. The SMILES string of the molecule is CC.COC1OC(CO)CC(O)C1NCC1(O)CN(C(=O)c2ccc(F)c(F)c2Nc2ccc(C)cc2F)C1. The Morgan fingerprint density at radius 2 is 1.87 bits per heavy atom. The maximum atomic E-state index is 14.7. The molecule has 4 rings (SSSR count). The lowest BCUT2D eigenvalue weighted by Crippen LogP contribution is -2.69. The van der Waals surface area contributed by atoms with Crippen molar-refractivity contribution in [1.82, 2.24) is 10.2 Å². The van der Waals surface area contributed by atoms with E-state index in [0.717, 1.165) is 12.1 Å². The Kier molecular flexibility index (Phi) is 10.3. The molecule has 0 aliphatic carbocycles. The van der Waals surface area contributed by atoms with E-state index in [1.54, 1.807) is 13.0 Å². The number of carbonyl (C=O) groups is 1. The molecular formula is C27H36F3N3O6. The van der Waals surface area contributed by atoms with Crippen LogP contribution in [0.15, 0.2) is 30.3 Å². The summed E-state index contributed by atoms with van der Waals surface area (Å²) in [6.07, 6.45) is -2.18. The first kappa shape index (κ1) is 30.8. The van der Waals surface area contributed by atoms with Crippen molar-refractivity contribution in [3.63, 3.8) is 0 Å². The largest absolute Gasteiger partial charge is 0.394 e. The minimum absolute atomic E-state index is 0.0248. The molecule has 9 nitrogen and oxygen atoms in total. The highest BCUT2D eigenvalue weighted by Crippen LogP contribution is 2.32. The summed E-state index contributed by atoms with van der Waals surface area (Å²) in [5.41, 5.74) is -1.59. The average molecular weight is 556 g/mol. The number of hydrogen-bond acceptors (Lipinski definition) is 8. The number of aryl methyl sites for hydroxylation is 1. The van der Waals surface area contributed by atoms with Gasteiger partial charge in [0.15, 0.2) is 17.9 Å². The molecule has 2 aliphatic rings. The molecule has 39 heavy (non-hydrogen) atoms. The number of aliphatic hydroxyl groups is 3. The fourth-order valence-electron chi connectivity index (χ4n) is 4.58. The lowest BCUT2D eigenvalue weighted by Gasteiger charge is -2.48. The predicted molar refractivity (Wildman–Crippen MR) is 138 cm³/mol. The molecule has 4 atom stereocenters. The maximum Gasteiger partial charge on any atom is 0.256 e. The zero-order valence-corrected chi connectivity index (χ0v) is 22.4. The summed E-state index contributed by atoms with van der Waals surface area (Å²) in [7, 11) is 1.39. The number of benzene rings is 2. The number of likely N-dealkylation sites (tertiary alicyclic amines) is 1. The molecule has 2 aromatic carbocycles. The molecule has 0 bridgehead atoms. The van der Waals surface area contributed by atoms with Gasteiger partial charge in [-0.3, -0.25) is 4.79 Å². The first-order chi connectivity index (χ1) is 18.5. The fraction of sp³-hybridized carbons (Fsp3) is 0.519. The molecule has 2 saturated heterocycles. The highest BCUT2D eigenvalue weighted by Gasteiger charge is 2.46. The summed E-state index contributed by atoms with van der Waals surface area (Å²) < 4.78 is 53.8. The van der Waals surface area contributed by atoms with Crippen LogP contribution in [0.5, 0.6) is 0 Å². The smallest absolute Gasteiger partial charge is 0.256 e. The van der Waals surface area contributed by atoms with Gasteiger partial charge >= 0.3 is 0 Å². The number of amides is 1. The number of halogens is 3. The predicted octanol–water partition coefficient (Wildman–Crippen LogP) is 2.44. The van der Waals surface area contributed by atoms with Gasteiger partial charge in [0.05, 0.1) is 54.9 Å². The van der Waals surface area contributed by atoms with E-state index in [1.807, 2.05) is 13.8 Å². The maximum absolute atomic E-state index is 14.7. The van der Waals surface area contributed by atoms with Gasteiger partial charge in [0, 0.05) is 20.1 Å². The zero-order chi connectivity index (χ0) is 28.9. The summed E-state index contributed by atoms with van der Waals surface area (Å²) in [4.78, 5) is 14.4. The third-order valence-corrected chi connectivity index (χ3v) is 6.61. The lowest BCUT2D eigenvalue weighted by atomic mass is 9.91. The van der Waals surface area contributed by atoms with Crippen LogP contribution in [0.25, 0.3) is 0 Å². The number of aliphatic hydroxyl groups excluding tert-OH is 2. The van der Waals surface area contributed by atoms with Crippen molar-refractivity contribution in [3.8, 4) is 0 Å². The number of ether oxygens (including phenoxy) is 2. The topological polar surface area (TPSA) is 124 Å². The van der Waals surface area contributed by atoms with E-state index in [-0.39, 0.29) is 43.9 Å². The summed E-state index contributed by atoms with van der Waals surface area (Å²) >= 11 is 0. The van der Waals surface area contributed by atoms with Crippen molar-refractivity contribution in [2.45, 2.75) is 57.3 Å². The third kappa shape index (κ3) is 6.89. The van der Waals surface area contributed by atoms with Gasteiger partial charge in [-0.05, 0) is 36.8 Å². The van der Waals surface area contributed by atoms with Crippen molar-refractivity contribution < 1.29 is 42.8 Å². The van der Waals surface area contributed by atoms with Crippen molar-refractivity contribution >= 4 is 17.3 Å². The molecule has 2 heterocycles. The van der Waals surface area contributed by atoms with Gasteiger partial charge in [0.1, 0.15) is 11.4 Å². The van der Waals surface area contributed by atoms with Crippen LogP contribution >= 0.6 is 0 Å². The molecule has 12 heteroatoms. The minimum atomic E-state index is -1.36. The van der Waals surface area contributed by atoms with Crippen molar-refractivity contribution in [3.05, 3.63) is 58.9 Å². The fourth-order valence-corrected chi connectivity index (χ4v) is 4.58. The minimum Gasteiger partial charge on any atom is -0.394 e. The quantitative estimate of drug-likeness (QED) is 0.337. The molecular weight excluding hydrogens is 519 g/mol. The normalized spacial score (nSPS) is 23.9. The van der Waals surface area contributed by atoms with Crippen molar-refractivity contribution in [2.24, 2.45) is 0 Å². The number of methoxy groups -OCH3 is 1. The number of rotatable bonds is 8. The van der Waals surface area contributed by atoms with Gasteiger partial charge in [0.25, 0.3) is 5.91 Å². The van der Waals surface area contributed by atoms with Crippen LogP contribution in [0.4, 0.5) is 24.5 Å². The zero-order valence-electron chi connectivity index (χ0n) is 22.4. The number of anilines is 2. The Balaban J connectivity index is 0.00000205. The summed E-state index contributed by atoms with van der Waals surface area (Å²) in [5.74, 6) is -3.91. The van der Waals surface area contributed by atoms with E-state index in [4.69, 9.17) is 9.47 Å². The Labute approximate surface area is 225 Å². The second kappa shape index (κ2) is 13.1. The van der Waals surface area contributed by atoms with Crippen LogP contribution in [0.1, 0.15) is 36.2 Å². The van der Waals surface area contributed by atoms with Gasteiger partial charge in [-0.25, -0.2) is 13.2 Å². The molecule has 216 valence electrons. The van der Waals surface area contributed by atoms with Crippen LogP contribution in [0.2, 0.25) is 0 Å². The lowest BCUT2D eigenvalue weighted by molar-refractivity contribution is -0.229. The van der Waals surface area contributed by atoms with Crippen molar-refractivity contribution in [2.75, 3.05) is 38.7 Å². The molecule has 0 aromatic heterocycles.